The number of anilines is 1. The summed E-state index contributed by atoms with van der Waals surface area (Å²) in [7, 11) is 0. The monoisotopic (exact) mass is 333 g/mol. The fraction of sp³-hybridized carbons (Fsp3) is 0.133. The summed E-state index contributed by atoms with van der Waals surface area (Å²) in [5, 5.41) is 43.6. The molecule has 0 fully saturated rings. The van der Waals surface area contributed by atoms with E-state index in [-0.39, 0.29) is 23.6 Å². The van der Waals surface area contributed by atoms with Crippen LogP contribution in [0.5, 0.6) is 11.5 Å². The smallest absolute Gasteiger partial charge is 0.321 e. The van der Waals surface area contributed by atoms with Crippen LogP contribution in [-0.2, 0) is 6.42 Å². The van der Waals surface area contributed by atoms with E-state index in [4.69, 9.17) is 0 Å². The van der Waals surface area contributed by atoms with Gasteiger partial charge in [-0.15, -0.1) is 0 Å². The lowest BCUT2D eigenvalue weighted by Gasteiger charge is -2.14. The van der Waals surface area contributed by atoms with Gasteiger partial charge in [-0.2, -0.15) is 0 Å². The summed E-state index contributed by atoms with van der Waals surface area (Å²) < 4.78 is 0. The fourth-order valence-corrected chi connectivity index (χ4v) is 1.96. The highest BCUT2D eigenvalue weighted by atomic mass is 16.6. The first-order chi connectivity index (χ1) is 11.3. The second-order valence-electron chi connectivity index (χ2n) is 4.95. The number of nitrogens with zero attached hydrogens (tertiary/aromatic N) is 1. The highest BCUT2D eigenvalue weighted by molar-refractivity contribution is 5.89. The molecule has 0 bridgehead atoms. The normalized spacial score (nSPS) is 11.5. The number of carbonyl (C=O) groups is 1. The Hall–Kier alpha value is -3.33. The minimum atomic E-state index is -1.23. The molecule has 0 aliphatic carbocycles. The third kappa shape index (κ3) is 4.58. The number of aliphatic hydroxyl groups is 1. The molecular weight excluding hydrogens is 318 g/mol. The molecule has 24 heavy (non-hydrogen) atoms. The number of carbonyl (C=O) groups excluding carboxylic acids is 1. The maximum Gasteiger partial charge on any atom is 0.321 e. The van der Waals surface area contributed by atoms with E-state index in [0.717, 1.165) is 0 Å². The maximum absolute atomic E-state index is 11.7. The van der Waals surface area contributed by atoms with Gasteiger partial charge in [0.25, 0.3) is 5.69 Å². The number of amides is 2. The predicted octanol–water partition coefficient (Wildman–Crippen LogP) is 1.69. The molecule has 0 saturated heterocycles. The second-order valence-corrected chi connectivity index (χ2v) is 4.95. The average molecular weight is 333 g/mol. The topological polar surface area (TPSA) is 145 Å². The Morgan fingerprint density at radius 1 is 1.12 bits per heavy atom. The highest BCUT2D eigenvalue weighted by Gasteiger charge is 2.12. The molecule has 2 amide bonds. The molecule has 5 N–H and O–H groups in total. The van der Waals surface area contributed by atoms with Crippen LogP contribution in [0.2, 0.25) is 0 Å². The lowest BCUT2D eigenvalue weighted by molar-refractivity contribution is -0.384. The van der Waals surface area contributed by atoms with Crippen LogP contribution < -0.4 is 10.6 Å². The molecule has 2 aromatic rings. The third-order valence-electron chi connectivity index (χ3n) is 3.10. The molecule has 9 nitrogen and oxygen atoms in total. The van der Waals surface area contributed by atoms with Crippen molar-refractivity contribution in [2.75, 3.05) is 5.32 Å². The van der Waals surface area contributed by atoms with Gasteiger partial charge in [0.05, 0.1) is 4.92 Å². The Bertz CT molecular complexity index is 747. The standard InChI is InChI=1S/C15H15N3O6/c19-12-6-1-9(7-13(12)20)8-14(21)17-15(22)16-10-2-4-11(5-3-10)18(23)24/h1-7,14,19-21H,8H2,(H2,16,17,22). The van der Waals surface area contributed by atoms with Crippen LogP contribution in [0.4, 0.5) is 16.2 Å². The van der Waals surface area contributed by atoms with Gasteiger partial charge in [0, 0.05) is 24.2 Å². The van der Waals surface area contributed by atoms with Crippen molar-refractivity contribution in [1.82, 2.24) is 5.32 Å². The van der Waals surface area contributed by atoms with Crippen molar-refractivity contribution >= 4 is 17.4 Å². The van der Waals surface area contributed by atoms with Crippen LogP contribution >= 0.6 is 0 Å². The first-order valence-corrected chi connectivity index (χ1v) is 6.86. The molecule has 1 atom stereocenters. The third-order valence-corrected chi connectivity index (χ3v) is 3.10. The number of aromatic hydroxyl groups is 2. The summed E-state index contributed by atoms with van der Waals surface area (Å²) in [6.07, 6.45) is -1.21. The molecular formula is C15H15N3O6. The maximum atomic E-state index is 11.7. The van der Waals surface area contributed by atoms with Gasteiger partial charge < -0.3 is 26.0 Å². The summed E-state index contributed by atoms with van der Waals surface area (Å²) in [5.74, 6) is -0.604. The van der Waals surface area contributed by atoms with E-state index in [1.165, 1.54) is 42.5 Å². The number of benzene rings is 2. The quantitative estimate of drug-likeness (QED) is 0.244. The Kier molecular flexibility index (Phi) is 5.17. The summed E-state index contributed by atoms with van der Waals surface area (Å²) in [4.78, 5) is 21.7. The Morgan fingerprint density at radius 2 is 1.79 bits per heavy atom. The van der Waals surface area contributed by atoms with Crippen molar-refractivity contribution in [2.24, 2.45) is 0 Å². The molecule has 0 saturated carbocycles. The van der Waals surface area contributed by atoms with Gasteiger partial charge in [-0.25, -0.2) is 4.79 Å². The largest absolute Gasteiger partial charge is 0.504 e. The first kappa shape index (κ1) is 17.0. The van der Waals surface area contributed by atoms with E-state index in [1.54, 1.807) is 0 Å². The number of rotatable bonds is 5. The predicted molar refractivity (Wildman–Crippen MR) is 84.7 cm³/mol. The van der Waals surface area contributed by atoms with Crippen LogP contribution in [0.25, 0.3) is 0 Å². The number of hydrogen-bond donors (Lipinski definition) is 5. The number of non-ortho nitro benzene ring substituents is 1. The van der Waals surface area contributed by atoms with E-state index in [0.29, 0.717) is 11.3 Å². The van der Waals surface area contributed by atoms with Crippen molar-refractivity contribution in [1.29, 1.82) is 0 Å². The zero-order valence-electron chi connectivity index (χ0n) is 12.3. The average Bonchev–Trinajstić information content (AvgIpc) is 2.51. The van der Waals surface area contributed by atoms with Crippen molar-refractivity contribution < 1.29 is 25.0 Å². The van der Waals surface area contributed by atoms with Crippen LogP contribution in [0, 0.1) is 10.1 Å². The van der Waals surface area contributed by atoms with Crippen LogP contribution in [0.3, 0.4) is 0 Å². The molecule has 2 aromatic carbocycles. The number of aliphatic hydroxyl groups excluding tert-OH is 1. The van der Waals surface area contributed by atoms with E-state index in [9.17, 15) is 30.2 Å². The van der Waals surface area contributed by atoms with Crippen LogP contribution in [0.1, 0.15) is 5.56 Å². The Morgan fingerprint density at radius 3 is 2.38 bits per heavy atom. The van der Waals surface area contributed by atoms with Crippen molar-refractivity contribution in [2.45, 2.75) is 12.6 Å². The molecule has 0 heterocycles. The number of nitro groups is 1. The Balaban J connectivity index is 1.89. The molecule has 2 rings (SSSR count). The Labute approximate surface area is 136 Å². The summed E-state index contributed by atoms with van der Waals surface area (Å²) >= 11 is 0. The summed E-state index contributed by atoms with van der Waals surface area (Å²) in [6, 6.07) is 8.55. The van der Waals surface area contributed by atoms with Gasteiger partial charge in [-0.1, -0.05) is 6.07 Å². The molecule has 0 aliphatic heterocycles. The summed E-state index contributed by atoms with van der Waals surface area (Å²) in [5.41, 5.74) is 0.731. The molecule has 0 aliphatic rings. The molecule has 9 heteroatoms. The number of nitrogens with one attached hydrogen (secondary N) is 2. The van der Waals surface area contributed by atoms with Gasteiger partial charge in [0.15, 0.2) is 11.5 Å². The molecule has 0 radical (unpaired) electrons. The first-order valence-electron chi connectivity index (χ1n) is 6.86. The SMILES string of the molecule is O=C(Nc1ccc([N+](=O)[O-])cc1)NC(O)Cc1ccc(O)c(O)c1. The van der Waals surface area contributed by atoms with E-state index >= 15 is 0 Å². The molecule has 0 spiro atoms. The zero-order chi connectivity index (χ0) is 17.7. The molecule has 1 unspecified atom stereocenters. The van der Waals surface area contributed by atoms with Crippen molar-refractivity contribution in [3.63, 3.8) is 0 Å². The van der Waals surface area contributed by atoms with Crippen LogP contribution in [0.15, 0.2) is 42.5 Å². The van der Waals surface area contributed by atoms with Gasteiger partial charge in [0.2, 0.25) is 0 Å². The number of phenolic OH excluding ortho intramolecular Hbond substituents is 2. The minimum Gasteiger partial charge on any atom is -0.504 e. The fourth-order valence-electron chi connectivity index (χ4n) is 1.96. The van der Waals surface area contributed by atoms with Gasteiger partial charge in [-0.05, 0) is 29.8 Å². The van der Waals surface area contributed by atoms with Gasteiger partial charge in [-0.3, -0.25) is 10.1 Å². The van der Waals surface area contributed by atoms with E-state index < -0.39 is 17.2 Å². The number of urea groups is 1. The van der Waals surface area contributed by atoms with E-state index in [1.807, 2.05) is 0 Å². The van der Waals surface area contributed by atoms with Gasteiger partial charge in [0.1, 0.15) is 6.23 Å². The lowest BCUT2D eigenvalue weighted by Crippen LogP contribution is -2.39. The zero-order valence-corrected chi connectivity index (χ0v) is 12.3. The van der Waals surface area contributed by atoms with Crippen LogP contribution in [-0.4, -0.2) is 32.5 Å². The van der Waals surface area contributed by atoms with Gasteiger partial charge >= 0.3 is 6.03 Å². The minimum absolute atomic E-state index is 0.0154. The highest BCUT2D eigenvalue weighted by Crippen LogP contribution is 2.25. The van der Waals surface area contributed by atoms with E-state index in [2.05, 4.69) is 10.6 Å². The number of nitro benzene ring substituents is 1. The van der Waals surface area contributed by atoms with Crippen molar-refractivity contribution in [3.8, 4) is 11.5 Å². The summed E-state index contributed by atoms with van der Waals surface area (Å²) in [6.45, 7) is 0. The molecule has 0 aromatic heterocycles. The number of hydrogen-bond acceptors (Lipinski definition) is 6. The lowest BCUT2D eigenvalue weighted by atomic mass is 10.1. The molecule has 126 valence electrons. The van der Waals surface area contributed by atoms with Crippen molar-refractivity contribution in [3.05, 3.63) is 58.1 Å². The number of phenols is 2. The second kappa shape index (κ2) is 7.29.